The number of nitrogens with two attached hydrogens (primary N) is 1. The lowest BCUT2D eigenvalue weighted by Gasteiger charge is -2.22. The summed E-state index contributed by atoms with van der Waals surface area (Å²) in [5.74, 6) is 1.48. The Morgan fingerprint density at radius 2 is 2.31 bits per heavy atom. The summed E-state index contributed by atoms with van der Waals surface area (Å²) in [6.07, 6.45) is 2.45. The molecule has 0 fully saturated rings. The predicted octanol–water partition coefficient (Wildman–Crippen LogP) is 2.29. The van der Waals surface area contributed by atoms with Crippen LogP contribution in [-0.4, -0.2) is 4.98 Å². The molecule has 0 spiro atoms. The van der Waals surface area contributed by atoms with Gasteiger partial charge in [-0.1, -0.05) is 13.8 Å². The van der Waals surface area contributed by atoms with Crippen LogP contribution in [0.5, 0.6) is 0 Å². The molecule has 0 saturated carbocycles. The second-order valence-electron chi connectivity index (χ2n) is 4.07. The zero-order valence-corrected chi connectivity index (χ0v) is 9.03. The third kappa shape index (κ3) is 1.63. The molecule has 2 atom stereocenters. The van der Waals surface area contributed by atoms with Gasteiger partial charge in [0, 0.05) is 11.4 Å². The molecular formula is C10H16N2S. The third-order valence-corrected chi connectivity index (χ3v) is 4.04. The molecular weight excluding hydrogens is 180 g/mol. The van der Waals surface area contributed by atoms with Gasteiger partial charge in [-0.15, -0.1) is 11.3 Å². The van der Waals surface area contributed by atoms with Gasteiger partial charge >= 0.3 is 0 Å². The Morgan fingerprint density at radius 1 is 1.54 bits per heavy atom. The van der Waals surface area contributed by atoms with E-state index < -0.39 is 0 Å². The molecule has 3 heteroatoms. The van der Waals surface area contributed by atoms with Crippen LogP contribution in [0.25, 0.3) is 0 Å². The van der Waals surface area contributed by atoms with Gasteiger partial charge < -0.3 is 5.73 Å². The average Bonchev–Trinajstić information content (AvgIpc) is 2.47. The van der Waals surface area contributed by atoms with Crippen molar-refractivity contribution in [2.75, 3.05) is 0 Å². The summed E-state index contributed by atoms with van der Waals surface area (Å²) in [4.78, 5) is 6.05. The molecule has 13 heavy (non-hydrogen) atoms. The van der Waals surface area contributed by atoms with Crippen molar-refractivity contribution in [3.8, 4) is 0 Å². The van der Waals surface area contributed by atoms with Crippen LogP contribution in [0, 0.1) is 5.92 Å². The summed E-state index contributed by atoms with van der Waals surface area (Å²) in [5.41, 5.74) is 6.91. The summed E-state index contributed by atoms with van der Waals surface area (Å²) in [7, 11) is 0. The van der Waals surface area contributed by atoms with E-state index in [1.165, 1.54) is 17.0 Å². The molecule has 1 aromatic rings. The van der Waals surface area contributed by atoms with Crippen molar-refractivity contribution in [3.05, 3.63) is 15.6 Å². The van der Waals surface area contributed by atoms with E-state index >= 15 is 0 Å². The Morgan fingerprint density at radius 3 is 3.00 bits per heavy atom. The molecule has 2 N–H and O–H groups in total. The van der Waals surface area contributed by atoms with Crippen molar-refractivity contribution in [1.82, 2.24) is 4.98 Å². The molecule has 1 aliphatic carbocycles. The van der Waals surface area contributed by atoms with E-state index in [2.05, 4.69) is 18.8 Å². The topological polar surface area (TPSA) is 38.9 Å². The lowest BCUT2D eigenvalue weighted by Crippen LogP contribution is -2.13. The third-order valence-electron chi connectivity index (χ3n) is 2.69. The van der Waals surface area contributed by atoms with E-state index in [1.807, 2.05) is 11.3 Å². The van der Waals surface area contributed by atoms with Crippen molar-refractivity contribution in [2.45, 2.75) is 39.2 Å². The van der Waals surface area contributed by atoms with Gasteiger partial charge in [0.05, 0.1) is 5.69 Å². The fourth-order valence-corrected chi connectivity index (χ4v) is 3.19. The molecule has 0 radical (unpaired) electrons. The molecule has 0 amide bonds. The van der Waals surface area contributed by atoms with E-state index in [1.54, 1.807) is 0 Å². The number of aromatic nitrogens is 1. The lowest BCUT2D eigenvalue weighted by atomic mass is 9.86. The maximum Gasteiger partial charge on any atom is 0.107 e. The SMILES string of the molecule is CC1Cc2nc(CN)sc2C(C)C1. The highest BCUT2D eigenvalue weighted by Gasteiger charge is 2.24. The highest BCUT2D eigenvalue weighted by Crippen LogP contribution is 2.37. The van der Waals surface area contributed by atoms with Gasteiger partial charge in [0.25, 0.3) is 0 Å². The summed E-state index contributed by atoms with van der Waals surface area (Å²) >= 11 is 1.81. The van der Waals surface area contributed by atoms with Gasteiger partial charge in [-0.2, -0.15) is 0 Å². The molecule has 0 bridgehead atoms. The van der Waals surface area contributed by atoms with Crippen molar-refractivity contribution >= 4 is 11.3 Å². The second-order valence-corrected chi connectivity index (χ2v) is 5.18. The molecule has 2 rings (SSSR count). The zero-order chi connectivity index (χ0) is 9.42. The minimum atomic E-state index is 0.596. The highest BCUT2D eigenvalue weighted by atomic mass is 32.1. The van der Waals surface area contributed by atoms with Crippen LogP contribution in [-0.2, 0) is 13.0 Å². The largest absolute Gasteiger partial charge is 0.325 e. The van der Waals surface area contributed by atoms with E-state index in [0.29, 0.717) is 12.5 Å². The fourth-order valence-electron chi connectivity index (χ4n) is 2.16. The maximum atomic E-state index is 5.59. The first kappa shape index (κ1) is 9.16. The standard InChI is InChI=1S/C10H16N2S/c1-6-3-7(2)10-8(4-6)12-9(5-11)13-10/h6-7H,3-5,11H2,1-2H3. The van der Waals surface area contributed by atoms with Crippen molar-refractivity contribution in [3.63, 3.8) is 0 Å². The van der Waals surface area contributed by atoms with Crippen molar-refractivity contribution < 1.29 is 0 Å². The van der Waals surface area contributed by atoms with Crippen LogP contribution in [0.3, 0.4) is 0 Å². The van der Waals surface area contributed by atoms with Gasteiger partial charge in [0.2, 0.25) is 0 Å². The molecule has 0 aliphatic heterocycles. The normalized spacial score (nSPS) is 27.3. The Bertz CT molecular complexity index is 306. The van der Waals surface area contributed by atoms with Crippen LogP contribution in [0.4, 0.5) is 0 Å². The molecule has 1 aromatic heterocycles. The quantitative estimate of drug-likeness (QED) is 0.748. The van der Waals surface area contributed by atoms with Crippen LogP contribution >= 0.6 is 11.3 Å². The summed E-state index contributed by atoms with van der Waals surface area (Å²) in [6.45, 7) is 5.20. The number of hydrogen-bond acceptors (Lipinski definition) is 3. The van der Waals surface area contributed by atoms with Crippen LogP contribution in [0.2, 0.25) is 0 Å². The summed E-state index contributed by atoms with van der Waals surface area (Å²) < 4.78 is 0. The Hall–Kier alpha value is -0.410. The number of rotatable bonds is 1. The van der Waals surface area contributed by atoms with E-state index in [-0.39, 0.29) is 0 Å². The minimum absolute atomic E-state index is 0.596. The fraction of sp³-hybridized carbons (Fsp3) is 0.700. The van der Waals surface area contributed by atoms with Gasteiger partial charge in [-0.05, 0) is 24.7 Å². The molecule has 2 nitrogen and oxygen atoms in total. The first-order valence-electron chi connectivity index (χ1n) is 4.89. The predicted molar refractivity (Wildman–Crippen MR) is 55.9 cm³/mol. The number of nitrogens with zero attached hydrogens (tertiary/aromatic N) is 1. The molecule has 72 valence electrons. The molecule has 1 heterocycles. The van der Waals surface area contributed by atoms with Crippen LogP contribution in [0.15, 0.2) is 0 Å². The highest BCUT2D eigenvalue weighted by molar-refractivity contribution is 7.11. The zero-order valence-electron chi connectivity index (χ0n) is 8.21. The maximum absolute atomic E-state index is 5.59. The molecule has 0 saturated heterocycles. The Balaban J connectivity index is 2.35. The van der Waals surface area contributed by atoms with Gasteiger partial charge in [0.1, 0.15) is 5.01 Å². The molecule has 2 unspecified atom stereocenters. The Kier molecular flexibility index (Phi) is 2.39. The first-order valence-corrected chi connectivity index (χ1v) is 5.71. The van der Waals surface area contributed by atoms with Gasteiger partial charge in [-0.3, -0.25) is 0 Å². The first-order chi connectivity index (χ1) is 6.20. The van der Waals surface area contributed by atoms with Gasteiger partial charge in [0.15, 0.2) is 0 Å². The molecule has 0 aromatic carbocycles. The number of fused-ring (bicyclic) bond motifs is 1. The summed E-state index contributed by atoms with van der Waals surface area (Å²) in [5, 5.41) is 1.10. The van der Waals surface area contributed by atoms with E-state index in [4.69, 9.17) is 5.73 Å². The average molecular weight is 196 g/mol. The summed E-state index contributed by atoms with van der Waals surface area (Å²) in [6, 6.07) is 0. The van der Waals surface area contributed by atoms with Crippen molar-refractivity contribution in [1.29, 1.82) is 0 Å². The number of thiazole rings is 1. The minimum Gasteiger partial charge on any atom is -0.325 e. The van der Waals surface area contributed by atoms with Crippen LogP contribution in [0.1, 0.15) is 41.8 Å². The van der Waals surface area contributed by atoms with Crippen molar-refractivity contribution in [2.24, 2.45) is 11.7 Å². The molecule has 1 aliphatic rings. The van der Waals surface area contributed by atoms with Crippen LogP contribution < -0.4 is 5.73 Å². The van der Waals surface area contributed by atoms with E-state index in [9.17, 15) is 0 Å². The second kappa shape index (κ2) is 3.39. The smallest absolute Gasteiger partial charge is 0.107 e. The van der Waals surface area contributed by atoms with E-state index in [0.717, 1.165) is 17.3 Å². The lowest BCUT2D eigenvalue weighted by molar-refractivity contribution is 0.449. The monoisotopic (exact) mass is 196 g/mol. The van der Waals surface area contributed by atoms with Gasteiger partial charge in [-0.25, -0.2) is 4.98 Å². The number of hydrogen-bond donors (Lipinski definition) is 1. The Labute approximate surface area is 83.2 Å².